The molecule has 0 saturated carbocycles. The largest absolute Gasteiger partial charge is 0.341 e. The molecule has 1 atom stereocenters. The second-order valence-corrected chi connectivity index (χ2v) is 6.23. The summed E-state index contributed by atoms with van der Waals surface area (Å²) in [5, 5.41) is 0. The van der Waals surface area contributed by atoms with Crippen LogP contribution in [-0.2, 0) is 4.79 Å². The van der Waals surface area contributed by atoms with Gasteiger partial charge < -0.3 is 4.90 Å². The van der Waals surface area contributed by atoms with Crippen LogP contribution in [0.5, 0.6) is 0 Å². The Hall–Kier alpha value is -0.960. The second-order valence-electron chi connectivity index (χ2n) is 5.01. The van der Waals surface area contributed by atoms with Gasteiger partial charge >= 0.3 is 0 Å². The van der Waals surface area contributed by atoms with Crippen LogP contribution in [0.4, 0.5) is 0 Å². The lowest BCUT2D eigenvalue weighted by atomic mass is 9.96. The highest BCUT2D eigenvalue weighted by atomic mass is 32.2. The molecule has 0 aromatic heterocycles. The number of nitrogens with zero attached hydrogens (tertiary/aromatic N) is 1. The summed E-state index contributed by atoms with van der Waals surface area (Å²) in [6.45, 7) is 6.07. The van der Waals surface area contributed by atoms with E-state index in [-0.39, 0.29) is 0 Å². The van der Waals surface area contributed by atoms with Crippen LogP contribution in [0.2, 0.25) is 0 Å². The fraction of sp³-hybridized carbons (Fsp3) is 0.533. The molecule has 1 heterocycles. The lowest BCUT2D eigenvalue weighted by molar-refractivity contribution is -0.131. The van der Waals surface area contributed by atoms with Gasteiger partial charge in [-0.15, -0.1) is 0 Å². The van der Waals surface area contributed by atoms with Crippen LogP contribution >= 0.6 is 11.8 Å². The Morgan fingerprint density at radius 2 is 1.89 bits per heavy atom. The van der Waals surface area contributed by atoms with Gasteiger partial charge in [0.25, 0.3) is 0 Å². The zero-order chi connectivity index (χ0) is 13.0. The molecule has 1 saturated heterocycles. The summed E-state index contributed by atoms with van der Waals surface area (Å²) in [4.78, 5) is 14.2. The zero-order valence-electron chi connectivity index (χ0n) is 11.2. The van der Waals surface area contributed by atoms with E-state index >= 15 is 0 Å². The molecule has 0 aliphatic carbocycles. The third-order valence-corrected chi connectivity index (χ3v) is 4.43. The van der Waals surface area contributed by atoms with Gasteiger partial charge in [-0.2, -0.15) is 11.8 Å². The molecule has 1 fully saturated rings. The monoisotopic (exact) mass is 263 g/mol. The molecule has 1 aromatic carbocycles. The Morgan fingerprint density at radius 1 is 1.28 bits per heavy atom. The minimum atomic E-state index is 0.309. The molecule has 1 unspecified atom stereocenters. The third-order valence-electron chi connectivity index (χ3n) is 3.49. The van der Waals surface area contributed by atoms with Gasteiger partial charge in [-0.1, -0.05) is 36.8 Å². The van der Waals surface area contributed by atoms with E-state index in [0.29, 0.717) is 18.2 Å². The molecule has 2 rings (SSSR count). The number of amides is 1. The number of carbonyl (C=O) groups is 1. The van der Waals surface area contributed by atoms with Crippen LogP contribution in [0.15, 0.2) is 24.3 Å². The molecule has 1 aliphatic heterocycles. The van der Waals surface area contributed by atoms with Crippen molar-refractivity contribution in [3.63, 3.8) is 0 Å². The van der Waals surface area contributed by atoms with Gasteiger partial charge in [-0.3, -0.25) is 4.79 Å². The number of aryl methyl sites for hydroxylation is 1. The molecule has 0 N–H and O–H groups in total. The molecule has 3 heteroatoms. The van der Waals surface area contributed by atoms with Crippen molar-refractivity contribution in [3.05, 3.63) is 35.4 Å². The molecular weight excluding hydrogens is 242 g/mol. The van der Waals surface area contributed by atoms with Crippen molar-refractivity contribution in [1.82, 2.24) is 4.90 Å². The minimum absolute atomic E-state index is 0.309. The lowest BCUT2D eigenvalue weighted by Crippen LogP contribution is -2.38. The fourth-order valence-electron chi connectivity index (χ4n) is 2.22. The average molecular weight is 263 g/mol. The van der Waals surface area contributed by atoms with Gasteiger partial charge in [0, 0.05) is 31.0 Å². The Morgan fingerprint density at radius 3 is 2.50 bits per heavy atom. The first-order valence-corrected chi connectivity index (χ1v) is 7.74. The summed E-state index contributed by atoms with van der Waals surface area (Å²) in [6.07, 6.45) is 0.633. The number of hydrogen-bond donors (Lipinski definition) is 0. The van der Waals surface area contributed by atoms with Gasteiger partial charge in [0.1, 0.15) is 0 Å². The summed E-state index contributed by atoms with van der Waals surface area (Å²) in [7, 11) is 0. The van der Waals surface area contributed by atoms with E-state index in [1.165, 1.54) is 11.1 Å². The predicted octanol–water partition coefficient (Wildman–Crippen LogP) is 3.06. The predicted molar refractivity (Wildman–Crippen MR) is 78.1 cm³/mol. The summed E-state index contributed by atoms with van der Waals surface area (Å²) >= 11 is 1.94. The molecule has 0 bridgehead atoms. The van der Waals surface area contributed by atoms with E-state index in [0.717, 1.165) is 24.6 Å². The van der Waals surface area contributed by atoms with Crippen molar-refractivity contribution in [2.24, 2.45) is 0 Å². The fourth-order valence-corrected chi connectivity index (χ4v) is 3.12. The van der Waals surface area contributed by atoms with Crippen molar-refractivity contribution < 1.29 is 4.79 Å². The number of hydrogen-bond acceptors (Lipinski definition) is 2. The standard InChI is InChI=1S/C15H21NOS/c1-12-3-5-14(6-4-12)13(2)11-15(17)16-7-9-18-10-8-16/h3-6,13H,7-11H2,1-2H3. The highest BCUT2D eigenvalue weighted by Gasteiger charge is 2.19. The summed E-state index contributed by atoms with van der Waals surface area (Å²) in [6, 6.07) is 8.51. The van der Waals surface area contributed by atoms with Crippen LogP contribution in [0, 0.1) is 6.92 Å². The van der Waals surface area contributed by atoms with E-state index in [1.54, 1.807) is 0 Å². The Labute approximate surface area is 114 Å². The number of carbonyl (C=O) groups excluding carboxylic acids is 1. The average Bonchev–Trinajstić information content (AvgIpc) is 2.40. The molecule has 0 radical (unpaired) electrons. The smallest absolute Gasteiger partial charge is 0.223 e. The van der Waals surface area contributed by atoms with Crippen LogP contribution in [-0.4, -0.2) is 35.4 Å². The van der Waals surface area contributed by atoms with Crippen molar-refractivity contribution in [3.8, 4) is 0 Å². The van der Waals surface area contributed by atoms with Crippen LogP contribution in [0.1, 0.15) is 30.4 Å². The number of benzene rings is 1. The van der Waals surface area contributed by atoms with Gasteiger partial charge in [0.2, 0.25) is 5.91 Å². The third kappa shape index (κ3) is 3.52. The molecular formula is C15H21NOS. The van der Waals surface area contributed by atoms with Crippen molar-refractivity contribution in [1.29, 1.82) is 0 Å². The second kappa shape index (κ2) is 6.28. The molecule has 1 aliphatic rings. The summed E-state index contributed by atoms with van der Waals surface area (Å²) < 4.78 is 0. The number of rotatable bonds is 3. The topological polar surface area (TPSA) is 20.3 Å². The maximum Gasteiger partial charge on any atom is 0.223 e. The van der Waals surface area contributed by atoms with Crippen LogP contribution in [0.25, 0.3) is 0 Å². The van der Waals surface area contributed by atoms with Crippen LogP contribution in [0.3, 0.4) is 0 Å². The van der Waals surface area contributed by atoms with Crippen molar-refractivity contribution in [2.75, 3.05) is 24.6 Å². The molecule has 1 amide bonds. The molecule has 0 spiro atoms. The van der Waals surface area contributed by atoms with Gasteiger partial charge in [-0.05, 0) is 18.4 Å². The van der Waals surface area contributed by atoms with Gasteiger partial charge in [0.15, 0.2) is 0 Å². The highest BCUT2D eigenvalue weighted by molar-refractivity contribution is 7.99. The van der Waals surface area contributed by atoms with E-state index in [1.807, 2.05) is 16.7 Å². The summed E-state index contributed by atoms with van der Waals surface area (Å²) in [5.41, 5.74) is 2.53. The Kier molecular flexibility index (Phi) is 4.70. The molecule has 98 valence electrons. The normalized spacial score (nSPS) is 17.6. The van der Waals surface area contributed by atoms with Crippen LogP contribution < -0.4 is 0 Å². The van der Waals surface area contributed by atoms with E-state index < -0.39 is 0 Å². The summed E-state index contributed by atoms with van der Waals surface area (Å²) in [5.74, 6) is 2.80. The highest BCUT2D eigenvalue weighted by Crippen LogP contribution is 2.21. The first-order valence-electron chi connectivity index (χ1n) is 6.59. The Bertz CT molecular complexity index is 395. The van der Waals surface area contributed by atoms with Crippen molar-refractivity contribution >= 4 is 17.7 Å². The zero-order valence-corrected chi connectivity index (χ0v) is 12.0. The maximum absolute atomic E-state index is 12.2. The quantitative estimate of drug-likeness (QED) is 0.835. The first kappa shape index (κ1) is 13.5. The van der Waals surface area contributed by atoms with Crippen molar-refractivity contribution in [2.45, 2.75) is 26.2 Å². The maximum atomic E-state index is 12.2. The van der Waals surface area contributed by atoms with E-state index in [2.05, 4.69) is 38.1 Å². The molecule has 2 nitrogen and oxygen atoms in total. The molecule has 18 heavy (non-hydrogen) atoms. The lowest BCUT2D eigenvalue weighted by Gasteiger charge is -2.27. The minimum Gasteiger partial charge on any atom is -0.341 e. The van der Waals surface area contributed by atoms with Gasteiger partial charge in [0.05, 0.1) is 0 Å². The van der Waals surface area contributed by atoms with Gasteiger partial charge in [-0.25, -0.2) is 0 Å². The van der Waals surface area contributed by atoms with E-state index in [4.69, 9.17) is 0 Å². The Balaban J connectivity index is 1.91. The first-order chi connectivity index (χ1) is 8.66. The SMILES string of the molecule is Cc1ccc(C(C)CC(=O)N2CCSCC2)cc1. The molecule has 1 aromatic rings. The van der Waals surface area contributed by atoms with E-state index in [9.17, 15) is 4.79 Å². The number of thioether (sulfide) groups is 1.